The molecule has 3 rings (SSSR count). The Morgan fingerprint density at radius 3 is 2.62 bits per heavy atom. The van der Waals surface area contributed by atoms with Crippen molar-refractivity contribution in [3.05, 3.63) is 17.5 Å². The van der Waals surface area contributed by atoms with Crippen LogP contribution in [0.2, 0.25) is 0 Å². The van der Waals surface area contributed by atoms with E-state index in [1.54, 1.807) is 0 Å². The van der Waals surface area contributed by atoms with E-state index in [9.17, 15) is 9.59 Å². The lowest BCUT2D eigenvalue weighted by Gasteiger charge is -2.28. The predicted molar refractivity (Wildman–Crippen MR) is 89.6 cm³/mol. The number of carbonyl (C=O) groups excluding carboxylic acids is 2. The average Bonchev–Trinajstić information content (AvgIpc) is 3.25. The molecule has 6 heteroatoms. The van der Waals surface area contributed by atoms with Crippen LogP contribution in [0.25, 0.3) is 0 Å². The highest BCUT2D eigenvalue weighted by Gasteiger charge is 2.30. The minimum atomic E-state index is -0.109. The van der Waals surface area contributed by atoms with E-state index in [2.05, 4.69) is 10.5 Å². The van der Waals surface area contributed by atoms with E-state index >= 15 is 0 Å². The molecule has 1 aromatic rings. The number of aromatic nitrogens is 1. The summed E-state index contributed by atoms with van der Waals surface area (Å²) >= 11 is 0. The maximum atomic E-state index is 12.3. The Morgan fingerprint density at radius 2 is 2.00 bits per heavy atom. The van der Waals surface area contributed by atoms with Gasteiger partial charge < -0.3 is 15.6 Å². The number of carbonyl (C=O) groups is 2. The smallest absolute Gasteiger partial charge is 0.221 e. The van der Waals surface area contributed by atoms with Gasteiger partial charge in [-0.1, -0.05) is 5.16 Å². The van der Waals surface area contributed by atoms with Crippen LogP contribution in [-0.4, -0.2) is 28.9 Å². The summed E-state index contributed by atoms with van der Waals surface area (Å²) in [5.41, 5.74) is 6.12. The second-order valence-electron chi connectivity index (χ2n) is 7.48. The zero-order valence-electron chi connectivity index (χ0n) is 14.3. The molecular formula is C18H27N3O3. The quantitative estimate of drug-likeness (QED) is 0.747. The number of amides is 1. The standard InChI is InChI=1S/C18H27N3O3/c1-11(19)8-18(23)20-14-6-2-12(3-7-14)9-16(22)15-10-17(24-21-15)13-4-5-13/h10-14H,2-9,19H2,1H3,(H,20,23)/t11-,12?,14?/m1/s1. The van der Waals surface area contributed by atoms with Crippen molar-refractivity contribution < 1.29 is 14.1 Å². The first-order valence-electron chi connectivity index (χ1n) is 9.06. The molecule has 1 heterocycles. The first kappa shape index (κ1) is 17.1. The minimum absolute atomic E-state index is 0.0275. The molecule has 2 fully saturated rings. The molecule has 6 nitrogen and oxygen atoms in total. The van der Waals surface area contributed by atoms with Gasteiger partial charge >= 0.3 is 0 Å². The van der Waals surface area contributed by atoms with Gasteiger partial charge in [0.15, 0.2) is 5.78 Å². The van der Waals surface area contributed by atoms with E-state index in [0.717, 1.165) is 44.3 Å². The molecule has 3 N–H and O–H groups in total. The first-order valence-corrected chi connectivity index (χ1v) is 9.06. The maximum Gasteiger partial charge on any atom is 0.221 e. The molecule has 0 radical (unpaired) electrons. The van der Waals surface area contributed by atoms with Gasteiger partial charge in [0.1, 0.15) is 11.5 Å². The molecule has 2 aliphatic carbocycles. The van der Waals surface area contributed by atoms with Crippen LogP contribution < -0.4 is 11.1 Å². The lowest BCUT2D eigenvalue weighted by Crippen LogP contribution is -2.39. The molecule has 132 valence electrons. The summed E-state index contributed by atoms with van der Waals surface area (Å²) in [6, 6.07) is 1.93. The van der Waals surface area contributed by atoms with E-state index < -0.39 is 0 Å². The van der Waals surface area contributed by atoms with Gasteiger partial charge in [0.05, 0.1) is 0 Å². The molecule has 0 aromatic carbocycles. The summed E-state index contributed by atoms with van der Waals surface area (Å²) in [7, 11) is 0. The van der Waals surface area contributed by atoms with E-state index in [-0.39, 0.29) is 23.8 Å². The normalized spacial score (nSPS) is 25.2. The van der Waals surface area contributed by atoms with Crippen molar-refractivity contribution >= 4 is 11.7 Å². The van der Waals surface area contributed by atoms with Crippen LogP contribution in [0, 0.1) is 5.92 Å². The lowest BCUT2D eigenvalue weighted by molar-refractivity contribution is -0.122. The Morgan fingerprint density at radius 1 is 1.29 bits per heavy atom. The van der Waals surface area contributed by atoms with Crippen molar-refractivity contribution in [2.45, 2.75) is 76.3 Å². The Hall–Kier alpha value is -1.69. The predicted octanol–water partition coefficient (Wildman–Crippen LogP) is 2.54. The van der Waals surface area contributed by atoms with Gasteiger partial charge in [0.25, 0.3) is 0 Å². The van der Waals surface area contributed by atoms with Gasteiger partial charge in [-0.15, -0.1) is 0 Å². The van der Waals surface area contributed by atoms with Crippen LogP contribution in [0.1, 0.15) is 80.5 Å². The Bertz CT molecular complexity index is 584. The summed E-state index contributed by atoms with van der Waals surface area (Å²) in [4.78, 5) is 24.1. The fourth-order valence-electron chi connectivity index (χ4n) is 3.44. The molecule has 1 aromatic heterocycles. The molecule has 1 atom stereocenters. The molecule has 0 saturated heterocycles. The molecule has 2 aliphatic rings. The highest BCUT2D eigenvalue weighted by Crippen LogP contribution is 2.40. The van der Waals surface area contributed by atoms with E-state index in [4.69, 9.17) is 10.3 Å². The fraction of sp³-hybridized carbons (Fsp3) is 0.722. The number of nitrogens with zero attached hydrogens (tertiary/aromatic N) is 1. The van der Waals surface area contributed by atoms with Crippen LogP contribution in [0.4, 0.5) is 0 Å². The number of nitrogens with two attached hydrogens (primary N) is 1. The van der Waals surface area contributed by atoms with Gasteiger partial charge in [-0.2, -0.15) is 0 Å². The second-order valence-corrected chi connectivity index (χ2v) is 7.48. The third kappa shape index (κ3) is 4.66. The maximum absolute atomic E-state index is 12.3. The summed E-state index contributed by atoms with van der Waals surface area (Å²) < 4.78 is 5.26. The van der Waals surface area contributed by atoms with Crippen molar-refractivity contribution in [3.63, 3.8) is 0 Å². The monoisotopic (exact) mass is 333 g/mol. The van der Waals surface area contributed by atoms with E-state index in [1.807, 2.05) is 13.0 Å². The summed E-state index contributed by atoms with van der Waals surface area (Å²) in [5, 5.41) is 6.98. The molecule has 2 saturated carbocycles. The third-order valence-electron chi connectivity index (χ3n) is 4.99. The van der Waals surface area contributed by atoms with Crippen LogP contribution in [0.5, 0.6) is 0 Å². The number of ketones is 1. The Labute approximate surface area is 142 Å². The Balaban J connectivity index is 1.41. The second kappa shape index (κ2) is 7.47. The zero-order chi connectivity index (χ0) is 17.1. The Kier molecular flexibility index (Phi) is 5.33. The van der Waals surface area contributed by atoms with E-state index in [0.29, 0.717) is 30.4 Å². The fourth-order valence-corrected chi connectivity index (χ4v) is 3.44. The number of rotatable bonds is 7. The highest BCUT2D eigenvalue weighted by atomic mass is 16.5. The SMILES string of the molecule is C[C@@H](N)CC(=O)NC1CCC(CC(=O)c2cc(C3CC3)on2)CC1. The number of Topliss-reactive ketones (excluding diaryl/α,β-unsaturated/α-hetero) is 1. The summed E-state index contributed by atoms with van der Waals surface area (Å²) in [6.07, 6.45) is 6.95. The number of hydrogen-bond donors (Lipinski definition) is 2. The molecule has 0 unspecified atom stereocenters. The summed E-state index contributed by atoms with van der Waals surface area (Å²) in [5.74, 6) is 1.82. The number of hydrogen-bond acceptors (Lipinski definition) is 5. The highest BCUT2D eigenvalue weighted by molar-refractivity contribution is 5.94. The van der Waals surface area contributed by atoms with Gasteiger partial charge in [0.2, 0.25) is 5.91 Å². The van der Waals surface area contributed by atoms with Crippen molar-refractivity contribution in [3.8, 4) is 0 Å². The molecule has 1 amide bonds. The van der Waals surface area contributed by atoms with Gasteiger partial charge in [-0.3, -0.25) is 9.59 Å². The third-order valence-corrected chi connectivity index (χ3v) is 4.99. The van der Waals surface area contributed by atoms with Crippen LogP contribution in [0.15, 0.2) is 10.6 Å². The van der Waals surface area contributed by atoms with Crippen molar-refractivity contribution in [1.82, 2.24) is 10.5 Å². The number of nitrogens with one attached hydrogen (secondary N) is 1. The summed E-state index contributed by atoms with van der Waals surface area (Å²) in [6.45, 7) is 1.83. The molecule has 24 heavy (non-hydrogen) atoms. The zero-order valence-corrected chi connectivity index (χ0v) is 14.3. The molecule has 0 spiro atoms. The molecule has 0 aliphatic heterocycles. The van der Waals surface area contributed by atoms with Gasteiger partial charge in [0, 0.05) is 36.9 Å². The van der Waals surface area contributed by atoms with Crippen LogP contribution in [0.3, 0.4) is 0 Å². The van der Waals surface area contributed by atoms with Crippen molar-refractivity contribution in [1.29, 1.82) is 0 Å². The largest absolute Gasteiger partial charge is 0.360 e. The molecule has 0 bridgehead atoms. The lowest BCUT2D eigenvalue weighted by atomic mass is 9.82. The first-order chi connectivity index (χ1) is 11.5. The minimum Gasteiger partial charge on any atom is -0.360 e. The topological polar surface area (TPSA) is 98.2 Å². The van der Waals surface area contributed by atoms with Gasteiger partial charge in [-0.05, 0) is 51.4 Å². The van der Waals surface area contributed by atoms with Gasteiger partial charge in [-0.25, -0.2) is 0 Å². The van der Waals surface area contributed by atoms with Crippen LogP contribution >= 0.6 is 0 Å². The average molecular weight is 333 g/mol. The van der Waals surface area contributed by atoms with Crippen molar-refractivity contribution in [2.75, 3.05) is 0 Å². The van der Waals surface area contributed by atoms with E-state index in [1.165, 1.54) is 0 Å². The van der Waals surface area contributed by atoms with Crippen molar-refractivity contribution in [2.24, 2.45) is 11.7 Å². The van der Waals surface area contributed by atoms with Crippen LogP contribution in [-0.2, 0) is 4.79 Å². The molecular weight excluding hydrogens is 306 g/mol.